The molecule has 0 aliphatic carbocycles. The van der Waals surface area contributed by atoms with Crippen LogP contribution in [0.1, 0.15) is 20.8 Å². The first-order chi connectivity index (χ1) is 4.66. The fraction of sp³-hybridized carbons (Fsp3) is 1.00. The van der Waals surface area contributed by atoms with Crippen LogP contribution in [-0.4, -0.2) is 18.1 Å². The average molecular weight is 163 g/mol. The van der Waals surface area contributed by atoms with Gasteiger partial charge in [-0.2, -0.15) is 0 Å². The van der Waals surface area contributed by atoms with Crippen molar-refractivity contribution >= 4 is 11.6 Å². The Labute approximate surface area is 67.7 Å². The van der Waals surface area contributed by atoms with Crippen LogP contribution in [0, 0.1) is 11.8 Å². The number of hydrogen-bond acceptors (Lipinski definition) is 1. The van der Waals surface area contributed by atoms with E-state index in [0.717, 1.165) is 5.88 Å². The lowest BCUT2D eigenvalue weighted by molar-refractivity contribution is 0.0527. The quantitative estimate of drug-likeness (QED) is 0.538. The second-order valence-corrected chi connectivity index (χ2v) is 3.53. The predicted octanol–water partition coefficient (Wildman–Crippen LogP) is 2.28. The maximum atomic E-state index is 5.78. The molecule has 10 heavy (non-hydrogen) atoms. The Bertz CT molecular complexity index is 116. The van der Waals surface area contributed by atoms with Crippen LogP contribution in [0.5, 0.6) is 0 Å². The molecule has 0 aromatic rings. The highest BCUT2D eigenvalue weighted by atomic mass is 35.5. The minimum absolute atomic E-state index is 0.350. The van der Waals surface area contributed by atoms with Gasteiger partial charge in [0.2, 0.25) is 0 Å². The molecule has 0 N–H and O–H groups in total. The Hall–Kier alpha value is 0.250. The lowest BCUT2D eigenvalue weighted by atomic mass is 9.91. The van der Waals surface area contributed by atoms with Crippen molar-refractivity contribution in [3.8, 4) is 0 Å². The zero-order valence-electron chi connectivity index (χ0n) is 6.80. The predicted molar refractivity (Wildman–Crippen MR) is 43.4 cm³/mol. The van der Waals surface area contributed by atoms with Crippen molar-refractivity contribution in [2.75, 3.05) is 5.88 Å². The first kappa shape index (κ1) is 8.35. The van der Waals surface area contributed by atoms with Crippen LogP contribution in [0.2, 0.25) is 0 Å². The third kappa shape index (κ3) is 1.30. The average Bonchev–Trinajstić information content (AvgIpc) is 2.09. The first-order valence-corrected chi connectivity index (χ1v) is 4.41. The molecule has 4 unspecified atom stereocenters. The van der Waals surface area contributed by atoms with Gasteiger partial charge in [-0.15, -0.1) is 11.6 Å². The maximum Gasteiger partial charge on any atom is 0.0593 e. The summed E-state index contributed by atoms with van der Waals surface area (Å²) in [7, 11) is 0. The summed E-state index contributed by atoms with van der Waals surface area (Å²) in [5.74, 6) is 1.90. The van der Waals surface area contributed by atoms with Gasteiger partial charge in [-0.3, -0.25) is 0 Å². The molecule has 1 saturated heterocycles. The molecule has 1 aliphatic rings. The van der Waals surface area contributed by atoms with Gasteiger partial charge in [0.05, 0.1) is 12.2 Å². The van der Waals surface area contributed by atoms with Gasteiger partial charge in [0, 0.05) is 11.8 Å². The topological polar surface area (TPSA) is 9.23 Å². The van der Waals surface area contributed by atoms with E-state index in [-0.39, 0.29) is 0 Å². The van der Waals surface area contributed by atoms with Crippen LogP contribution in [0.15, 0.2) is 0 Å². The summed E-state index contributed by atoms with van der Waals surface area (Å²) in [5, 5.41) is 0. The van der Waals surface area contributed by atoms with Gasteiger partial charge >= 0.3 is 0 Å². The van der Waals surface area contributed by atoms with Crippen LogP contribution in [-0.2, 0) is 4.74 Å². The highest BCUT2D eigenvalue weighted by Crippen LogP contribution is 2.32. The molecule has 1 fully saturated rings. The fourth-order valence-electron chi connectivity index (χ4n) is 1.61. The zero-order chi connectivity index (χ0) is 7.72. The molecule has 1 nitrogen and oxygen atoms in total. The molecule has 1 aliphatic heterocycles. The summed E-state index contributed by atoms with van der Waals surface area (Å²) in [6.45, 7) is 6.43. The highest BCUT2D eigenvalue weighted by Gasteiger charge is 2.35. The van der Waals surface area contributed by atoms with Crippen LogP contribution < -0.4 is 0 Å². The molecule has 1 rings (SSSR count). The minimum atomic E-state index is 0.350. The fourth-order valence-corrected chi connectivity index (χ4v) is 2.14. The molecule has 1 heterocycles. The smallest absolute Gasteiger partial charge is 0.0593 e. The van der Waals surface area contributed by atoms with E-state index in [1.165, 1.54) is 0 Å². The van der Waals surface area contributed by atoms with Gasteiger partial charge in [-0.25, -0.2) is 0 Å². The number of ether oxygens (including phenoxy) is 1. The van der Waals surface area contributed by atoms with Gasteiger partial charge in [0.25, 0.3) is 0 Å². The van der Waals surface area contributed by atoms with Gasteiger partial charge in [0.1, 0.15) is 0 Å². The van der Waals surface area contributed by atoms with Crippen LogP contribution in [0.4, 0.5) is 0 Å². The minimum Gasteiger partial charge on any atom is -0.375 e. The summed E-state index contributed by atoms with van der Waals surface area (Å²) in [6.07, 6.45) is 0.737. The van der Waals surface area contributed by atoms with E-state index >= 15 is 0 Å². The Kier molecular flexibility index (Phi) is 2.59. The lowest BCUT2D eigenvalue weighted by Gasteiger charge is -2.13. The Morgan fingerprint density at radius 2 is 1.80 bits per heavy atom. The molecule has 0 radical (unpaired) electrons. The van der Waals surface area contributed by atoms with Gasteiger partial charge < -0.3 is 4.74 Å². The molecule has 0 spiro atoms. The molecular weight excluding hydrogens is 148 g/mol. The molecule has 2 heteroatoms. The second kappa shape index (κ2) is 3.10. The normalized spacial score (nSPS) is 48.0. The van der Waals surface area contributed by atoms with Crippen molar-refractivity contribution in [3.63, 3.8) is 0 Å². The molecule has 0 aromatic heterocycles. The number of halogens is 1. The van der Waals surface area contributed by atoms with E-state index in [1.54, 1.807) is 0 Å². The van der Waals surface area contributed by atoms with E-state index in [2.05, 4.69) is 20.8 Å². The Morgan fingerprint density at radius 1 is 1.20 bits per heavy atom. The maximum absolute atomic E-state index is 5.78. The first-order valence-electron chi connectivity index (χ1n) is 3.88. The molecule has 60 valence electrons. The van der Waals surface area contributed by atoms with Crippen molar-refractivity contribution < 1.29 is 4.74 Å². The van der Waals surface area contributed by atoms with Crippen molar-refractivity contribution in [1.29, 1.82) is 0 Å². The number of alkyl halides is 1. The largest absolute Gasteiger partial charge is 0.375 e. The Balaban J connectivity index is 2.55. The molecule has 4 atom stereocenters. The van der Waals surface area contributed by atoms with Crippen molar-refractivity contribution in [2.24, 2.45) is 11.8 Å². The summed E-state index contributed by atoms with van der Waals surface area (Å²) in [6, 6.07) is 0. The van der Waals surface area contributed by atoms with Crippen molar-refractivity contribution in [2.45, 2.75) is 33.0 Å². The van der Waals surface area contributed by atoms with E-state index in [9.17, 15) is 0 Å². The number of rotatable bonds is 1. The molecule has 0 saturated carbocycles. The summed E-state index contributed by atoms with van der Waals surface area (Å²) >= 11 is 5.78. The third-order valence-electron chi connectivity index (χ3n) is 2.63. The summed E-state index contributed by atoms with van der Waals surface area (Å²) in [4.78, 5) is 0. The SMILES string of the molecule is CC1OC(C)C(CCl)C1C. The second-order valence-electron chi connectivity index (χ2n) is 3.22. The van der Waals surface area contributed by atoms with Crippen LogP contribution in [0.3, 0.4) is 0 Å². The Morgan fingerprint density at radius 3 is 2.00 bits per heavy atom. The molecule has 0 amide bonds. The van der Waals surface area contributed by atoms with E-state index in [4.69, 9.17) is 16.3 Å². The van der Waals surface area contributed by atoms with Gasteiger partial charge in [-0.05, 0) is 19.8 Å². The van der Waals surface area contributed by atoms with Crippen LogP contribution >= 0.6 is 11.6 Å². The molecular formula is C8H15ClO. The third-order valence-corrected chi connectivity index (χ3v) is 2.98. The molecule has 0 bridgehead atoms. The van der Waals surface area contributed by atoms with E-state index < -0.39 is 0 Å². The van der Waals surface area contributed by atoms with Crippen molar-refractivity contribution in [3.05, 3.63) is 0 Å². The van der Waals surface area contributed by atoms with Gasteiger partial charge in [-0.1, -0.05) is 6.92 Å². The highest BCUT2D eigenvalue weighted by molar-refractivity contribution is 6.18. The van der Waals surface area contributed by atoms with Crippen molar-refractivity contribution in [1.82, 2.24) is 0 Å². The summed E-state index contributed by atoms with van der Waals surface area (Å²) < 4.78 is 5.59. The zero-order valence-corrected chi connectivity index (χ0v) is 7.56. The number of hydrogen-bond donors (Lipinski definition) is 0. The molecule has 0 aromatic carbocycles. The van der Waals surface area contributed by atoms with E-state index in [1.807, 2.05) is 0 Å². The standard InChI is InChI=1S/C8H15ClO/c1-5-6(2)10-7(3)8(5)4-9/h5-8H,4H2,1-3H3. The lowest BCUT2D eigenvalue weighted by Crippen LogP contribution is -2.18. The summed E-state index contributed by atoms with van der Waals surface area (Å²) in [5.41, 5.74) is 0. The monoisotopic (exact) mass is 162 g/mol. The van der Waals surface area contributed by atoms with Gasteiger partial charge in [0.15, 0.2) is 0 Å². The van der Waals surface area contributed by atoms with Crippen LogP contribution in [0.25, 0.3) is 0 Å². The van der Waals surface area contributed by atoms with E-state index in [0.29, 0.717) is 24.0 Å².